The van der Waals surface area contributed by atoms with Crippen LogP contribution in [0, 0.1) is 0 Å². The van der Waals surface area contributed by atoms with E-state index in [2.05, 4.69) is 6.92 Å². The van der Waals surface area contributed by atoms with Crippen LogP contribution in [0.3, 0.4) is 0 Å². The van der Waals surface area contributed by atoms with Gasteiger partial charge in [0.25, 0.3) is 0 Å². The summed E-state index contributed by atoms with van der Waals surface area (Å²) < 4.78 is 10.4. The lowest BCUT2D eigenvalue weighted by Crippen LogP contribution is -2.21. The highest BCUT2D eigenvalue weighted by Gasteiger charge is 2.23. The van der Waals surface area contributed by atoms with Crippen molar-refractivity contribution >= 4 is 0 Å². The van der Waals surface area contributed by atoms with Gasteiger partial charge in [0.1, 0.15) is 11.5 Å². The molecule has 0 fully saturated rings. The number of aliphatic hydroxyl groups is 1. The number of unbranched alkanes of at least 4 members (excludes halogenated alkanes) is 1. The Kier molecular flexibility index (Phi) is 4.82. The maximum absolute atomic E-state index is 10.4. The Bertz CT molecular complexity index is 336. The van der Waals surface area contributed by atoms with E-state index in [9.17, 15) is 5.11 Å². The molecule has 0 heterocycles. The molecule has 1 N–H and O–H groups in total. The highest BCUT2D eigenvalue weighted by atomic mass is 16.5. The minimum absolute atomic E-state index is 0.705. The standard InChI is InChI=1S/C14H22O3/c1-5-6-7-14(2,15)11-8-12(16-3)10-13(9-11)17-4/h8-10,15H,5-7H2,1-4H3. The van der Waals surface area contributed by atoms with Crippen molar-refractivity contribution in [1.82, 2.24) is 0 Å². The van der Waals surface area contributed by atoms with E-state index in [0.29, 0.717) is 11.5 Å². The van der Waals surface area contributed by atoms with Gasteiger partial charge in [0.05, 0.1) is 19.8 Å². The van der Waals surface area contributed by atoms with E-state index < -0.39 is 5.60 Å². The summed E-state index contributed by atoms with van der Waals surface area (Å²) in [7, 11) is 3.22. The van der Waals surface area contributed by atoms with Gasteiger partial charge in [-0.15, -0.1) is 0 Å². The van der Waals surface area contributed by atoms with Gasteiger partial charge in [-0.1, -0.05) is 19.8 Å². The number of hydrogen-bond donors (Lipinski definition) is 1. The van der Waals surface area contributed by atoms with Crippen LogP contribution in [0.2, 0.25) is 0 Å². The quantitative estimate of drug-likeness (QED) is 0.827. The van der Waals surface area contributed by atoms with E-state index in [1.165, 1.54) is 0 Å². The van der Waals surface area contributed by atoms with Gasteiger partial charge in [0.2, 0.25) is 0 Å². The lowest BCUT2D eigenvalue weighted by molar-refractivity contribution is 0.0449. The molecular weight excluding hydrogens is 216 g/mol. The Morgan fingerprint density at radius 2 is 1.65 bits per heavy atom. The van der Waals surface area contributed by atoms with Gasteiger partial charge in [-0.3, -0.25) is 0 Å². The zero-order valence-corrected chi connectivity index (χ0v) is 11.1. The number of methoxy groups -OCH3 is 2. The molecule has 0 saturated carbocycles. The molecule has 0 saturated heterocycles. The van der Waals surface area contributed by atoms with E-state index >= 15 is 0 Å². The van der Waals surface area contributed by atoms with Gasteiger partial charge in [-0.05, 0) is 31.0 Å². The molecular formula is C14H22O3. The van der Waals surface area contributed by atoms with Crippen LogP contribution in [0.4, 0.5) is 0 Å². The second kappa shape index (κ2) is 5.92. The topological polar surface area (TPSA) is 38.7 Å². The molecule has 0 bridgehead atoms. The number of hydrogen-bond acceptors (Lipinski definition) is 3. The van der Waals surface area contributed by atoms with Gasteiger partial charge < -0.3 is 14.6 Å². The lowest BCUT2D eigenvalue weighted by Gasteiger charge is -2.24. The summed E-state index contributed by atoms with van der Waals surface area (Å²) in [6.07, 6.45) is 2.80. The smallest absolute Gasteiger partial charge is 0.122 e. The van der Waals surface area contributed by atoms with Crippen LogP contribution in [0.1, 0.15) is 38.7 Å². The average molecular weight is 238 g/mol. The molecule has 0 spiro atoms. The molecule has 0 aliphatic heterocycles. The average Bonchev–Trinajstić information content (AvgIpc) is 2.35. The molecule has 96 valence electrons. The first kappa shape index (κ1) is 13.8. The van der Waals surface area contributed by atoms with Crippen LogP contribution in [0.15, 0.2) is 18.2 Å². The van der Waals surface area contributed by atoms with Crippen LogP contribution >= 0.6 is 0 Å². The summed E-state index contributed by atoms with van der Waals surface area (Å²) in [5.74, 6) is 1.41. The fourth-order valence-electron chi connectivity index (χ4n) is 1.78. The van der Waals surface area contributed by atoms with Gasteiger partial charge in [0, 0.05) is 6.07 Å². The Hall–Kier alpha value is -1.22. The van der Waals surface area contributed by atoms with Crippen molar-refractivity contribution in [2.45, 2.75) is 38.7 Å². The zero-order chi connectivity index (χ0) is 12.9. The van der Waals surface area contributed by atoms with E-state index in [1.807, 2.05) is 19.1 Å². The van der Waals surface area contributed by atoms with Crippen LogP contribution < -0.4 is 9.47 Å². The molecule has 0 amide bonds. The minimum atomic E-state index is -0.835. The molecule has 0 aliphatic rings. The summed E-state index contributed by atoms with van der Waals surface area (Å²) in [6.45, 7) is 3.94. The summed E-state index contributed by atoms with van der Waals surface area (Å²) >= 11 is 0. The summed E-state index contributed by atoms with van der Waals surface area (Å²) in [6, 6.07) is 5.52. The van der Waals surface area contributed by atoms with Gasteiger partial charge in [0.15, 0.2) is 0 Å². The van der Waals surface area contributed by atoms with E-state index in [4.69, 9.17) is 9.47 Å². The normalized spacial score (nSPS) is 14.2. The predicted octanol–water partition coefficient (Wildman–Crippen LogP) is 3.10. The Morgan fingerprint density at radius 1 is 1.12 bits per heavy atom. The van der Waals surface area contributed by atoms with Crippen molar-refractivity contribution < 1.29 is 14.6 Å². The van der Waals surface area contributed by atoms with Crippen LogP contribution in [0.5, 0.6) is 11.5 Å². The van der Waals surface area contributed by atoms with Gasteiger partial charge >= 0.3 is 0 Å². The third kappa shape index (κ3) is 3.63. The second-order valence-corrected chi connectivity index (χ2v) is 4.48. The van der Waals surface area contributed by atoms with Gasteiger partial charge in [-0.25, -0.2) is 0 Å². The predicted molar refractivity (Wildman–Crippen MR) is 68.6 cm³/mol. The number of ether oxygens (including phenoxy) is 2. The Labute approximate surface area is 103 Å². The van der Waals surface area contributed by atoms with Crippen molar-refractivity contribution in [2.24, 2.45) is 0 Å². The molecule has 1 aromatic carbocycles. The molecule has 3 heteroatoms. The largest absolute Gasteiger partial charge is 0.497 e. The third-order valence-corrected chi connectivity index (χ3v) is 2.99. The highest BCUT2D eigenvalue weighted by molar-refractivity contribution is 5.40. The number of rotatable bonds is 6. The van der Waals surface area contributed by atoms with E-state index in [1.54, 1.807) is 20.3 Å². The van der Waals surface area contributed by atoms with Crippen molar-refractivity contribution in [3.8, 4) is 11.5 Å². The Morgan fingerprint density at radius 3 is 2.06 bits per heavy atom. The van der Waals surface area contributed by atoms with Crippen molar-refractivity contribution in [3.63, 3.8) is 0 Å². The Balaban J connectivity index is 3.02. The van der Waals surface area contributed by atoms with Crippen LogP contribution in [0.25, 0.3) is 0 Å². The fourth-order valence-corrected chi connectivity index (χ4v) is 1.78. The van der Waals surface area contributed by atoms with Gasteiger partial charge in [-0.2, -0.15) is 0 Å². The number of benzene rings is 1. The lowest BCUT2D eigenvalue weighted by atomic mass is 9.90. The van der Waals surface area contributed by atoms with Crippen molar-refractivity contribution in [1.29, 1.82) is 0 Å². The van der Waals surface area contributed by atoms with E-state index in [-0.39, 0.29) is 0 Å². The zero-order valence-electron chi connectivity index (χ0n) is 11.1. The first-order valence-electron chi connectivity index (χ1n) is 5.99. The first-order valence-corrected chi connectivity index (χ1v) is 5.99. The SMILES string of the molecule is CCCCC(C)(O)c1cc(OC)cc(OC)c1. The fraction of sp³-hybridized carbons (Fsp3) is 0.571. The first-order chi connectivity index (χ1) is 8.03. The van der Waals surface area contributed by atoms with Crippen molar-refractivity contribution in [2.75, 3.05) is 14.2 Å². The third-order valence-electron chi connectivity index (χ3n) is 2.99. The maximum atomic E-state index is 10.4. The summed E-state index contributed by atoms with van der Waals surface area (Å²) in [4.78, 5) is 0. The maximum Gasteiger partial charge on any atom is 0.122 e. The van der Waals surface area contributed by atoms with Crippen molar-refractivity contribution in [3.05, 3.63) is 23.8 Å². The van der Waals surface area contributed by atoms with Crippen LogP contribution in [-0.4, -0.2) is 19.3 Å². The highest BCUT2D eigenvalue weighted by Crippen LogP contribution is 2.32. The molecule has 17 heavy (non-hydrogen) atoms. The molecule has 1 aromatic rings. The minimum Gasteiger partial charge on any atom is -0.497 e. The van der Waals surface area contributed by atoms with Crippen LogP contribution in [-0.2, 0) is 5.60 Å². The molecule has 0 aromatic heterocycles. The molecule has 1 unspecified atom stereocenters. The van der Waals surface area contributed by atoms with E-state index in [0.717, 1.165) is 24.8 Å². The molecule has 1 rings (SSSR count). The second-order valence-electron chi connectivity index (χ2n) is 4.48. The molecule has 0 radical (unpaired) electrons. The molecule has 3 nitrogen and oxygen atoms in total. The summed E-state index contributed by atoms with van der Waals surface area (Å²) in [5, 5.41) is 10.4. The monoisotopic (exact) mass is 238 g/mol. The summed E-state index contributed by atoms with van der Waals surface area (Å²) in [5.41, 5.74) is -0.000162. The molecule has 0 aliphatic carbocycles. The molecule has 1 atom stereocenters.